The van der Waals surface area contributed by atoms with Crippen molar-refractivity contribution in [2.24, 2.45) is 0 Å². The molecule has 9 nitrogen and oxygen atoms in total. The van der Waals surface area contributed by atoms with Crippen molar-refractivity contribution in [3.8, 4) is 17.0 Å². The molecule has 0 N–H and O–H groups in total. The largest absolute Gasteiger partial charge is 0.497 e. The molecule has 38 heavy (non-hydrogen) atoms. The molecule has 10 heteroatoms. The van der Waals surface area contributed by atoms with Crippen molar-refractivity contribution in [1.29, 1.82) is 0 Å². The summed E-state index contributed by atoms with van der Waals surface area (Å²) in [6.45, 7) is 3.43. The topological polar surface area (TPSA) is 82.1 Å². The smallest absolute Gasteiger partial charge is 0.255 e. The van der Waals surface area contributed by atoms with Gasteiger partial charge in [-0.2, -0.15) is 0 Å². The number of carbonyl (C=O) groups excluding carboxylic acids is 2. The summed E-state index contributed by atoms with van der Waals surface area (Å²) in [5, 5.41) is 9.20. The van der Waals surface area contributed by atoms with E-state index in [2.05, 4.69) is 15.1 Å². The third-order valence-corrected chi connectivity index (χ3v) is 6.84. The third-order valence-electron chi connectivity index (χ3n) is 6.51. The van der Waals surface area contributed by atoms with Crippen molar-refractivity contribution < 1.29 is 14.3 Å². The van der Waals surface area contributed by atoms with Crippen molar-refractivity contribution in [2.75, 3.05) is 71.9 Å². The summed E-state index contributed by atoms with van der Waals surface area (Å²) in [5.41, 5.74) is 2.10. The number of piperazine rings is 1. The quantitative estimate of drug-likeness (QED) is 0.415. The molecule has 4 rings (SSSR count). The van der Waals surface area contributed by atoms with Gasteiger partial charge >= 0.3 is 0 Å². The van der Waals surface area contributed by atoms with Crippen molar-refractivity contribution in [3.63, 3.8) is 0 Å². The molecule has 0 unspecified atom stereocenters. The maximum Gasteiger partial charge on any atom is 0.255 e. The summed E-state index contributed by atoms with van der Waals surface area (Å²) >= 11 is 6.27. The zero-order chi connectivity index (χ0) is 27.1. The SMILES string of the molecule is COc1cccc(-c2ccc(N3CCN(C(=O)CN(CCN(C)C)C(=O)c4ccccc4Cl)CC3)nn2)c1. The number of rotatable bonds is 9. The summed E-state index contributed by atoms with van der Waals surface area (Å²) < 4.78 is 5.29. The van der Waals surface area contributed by atoms with Crippen LogP contribution in [0.4, 0.5) is 5.82 Å². The Morgan fingerprint density at radius 1 is 0.947 bits per heavy atom. The van der Waals surface area contributed by atoms with Crippen molar-refractivity contribution in [2.45, 2.75) is 0 Å². The third kappa shape index (κ3) is 6.79. The Balaban J connectivity index is 1.36. The Kier molecular flexibility index (Phi) is 9.15. The van der Waals surface area contributed by atoms with E-state index in [0.717, 1.165) is 22.8 Å². The first-order valence-corrected chi connectivity index (χ1v) is 12.9. The van der Waals surface area contributed by atoms with Gasteiger partial charge in [-0.25, -0.2) is 0 Å². The van der Waals surface area contributed by atoms with Gasteiger partial charge in [-0.3, -0.25) is 9.59 Å². The molecule has 0 aliphatic carbocycles. The average Bonchev–Trinajstić information content (AvgIpc) is 2.95. The number of aromatic nitrogens is 2. The van der Waals surface area contributed by atoms with Gasteiger partial charge in [-0.05, 0) is 50.5 Å². The molecular formula is C28H33ClN6O3. The molecular weight excluding hydrogens is 504 g/mol. The number of methoxy groups -OCH3 is 1. The van der Waals surface area contributed by atoms with Gasteiger partial charge in [0.1, 0.15) is 12.3 Å². The van der Waals surface area contributed by atoms with E-state index in [1.165, 1.54) is 0 Å². The van der Waals surface area contributed by atoms with Crippen LogP contribution in [0.5, 0.6) is 5.75 Å². The fourth-order valence-electron chi connectivity index (χ4n) is 4.26. The van der Waals surface area contributed by atoms with Crippen LogP contribution in [0, 0.1) is 0 Å². The van der Waals surface area contributed by atoms with Gasteiger partial charge < -0.3 is 24.3 Å². The predicted octanol–water partition coefficient (Wildman–Crippen LogP) is 3.16. The van der Waals surface area contributed by atoms with Gasteiger partial charge in [0.2, 0.25) is 5.91 Å². The molecule has 3 aromatic rings. The van der Waals surface area contributed by atoms with Gasteiger partial charge in [0.15, 0.2) is 5.82 Å². The Labute approximate surface area is 228 Å². The highest BCUT2D eigenvalue weighted by atomic mass is 35.5. The molecule has 200 valence electrons. The highest BCUT2D eigenvalue weighted by molar-refractivity contribution is 6.33. The normalized spacial score (nSPS) is 13.5. The number of hydrogen-bond acceptors (Lipinski definition) is 7. The molecule has 0 spiro atoms. The summed E-state index contributed by atoms with van der Waals surface area (Å²) in [6.07, 6.45) is 0. The highest BCUT2D eigenvalue weighted by Crippen LogP contribution is 2.23. The number of anilines is 1. The summed E-state index contributed by atoms with van der Waals surface area (Å²) in [6, 6.07) is 18.5. The summed E-state index contributed by atoms with van der Waals surface area (Å²) in [7, 11) is 5.51. The molecule has 1 saturated heterocycles. The average molecular weight is 537 g/mol. The first-order valence-electron chi connectivity index (χ1n) is 12.5. The van der Waals surface area contributed by atoms with Crippen LogP contribution < -0.4 is 9.64 Å². The van der Waals surface area contributed by atoms with E-state index < -0.39 is 0 Å². The minimum atomic E-state index is -0.240. The maximum absolute atomic E-state index is 13.2. The molecule has 1 aliphatic rings. The molecule has 2 aromatic carbocycles. The Bertz CT molecular complexity index is 1250. The van der Waals surface area contributed by atoms with Gasteiger partial charge in [0.05, 0.1) is 23.4 Å². The van der Waals surface area contributed by atoms with Crippen LogP contribution in [0.1, 0.15) is 10.4 Å². The number of halogens is 1. The monoisotopic (exact) mass is 536 g/mol. The lowest BCUT2D eigenvalue weighted by molar-refractivity contribution is -0.132. The van der Waals surface area contributed by atoms with E-state index in [4.69, 9.17) is 16.3 Å². The van der Waals surface area contributed by atoms with Crippen LogP contribution in [0.3, 0.4) is 0 Å². The van der Waals surface area contributed by atoms with Crippen molar-refractivity contribution in [1.82, 2.24) is 24.9 Å². The zero-order valence-corrected chi connectivity index (χ0v) is 22.8. The highest BCUT2D eigenvalue weighted by Gasteiger charge is 2.26. The standard InChI is InChI=1S/C28H33ClN6O3/c1-32(2)13-14-35(28(37)23-9-4-5-10-24(23)29)20-27(36)34-17-15-33(16-18-34)26-12-11-25(30-31-26)21-7-6-8-22(19-21)38-3/h4-12,19H,13-18,20H2,1-3H3. The molecule has 2 amide bonds. The molecule has 0 atom stereocenters. The molecule has 0 saturated carbocycles. The lowest BCUT2D eigenvalue weighted by Crippen LogP contribution is -2.52. The zero-order valence-electron chi connectivity index (χ0n) is 22.0. The van der Waals surface area contributed by atoms with Crippen molar-refractivity contribution in [3.05, 3.63) is 71.2 Å². The molecule has 2 heterocycles. The van der Waals surface area contributed by atoms with Gasteiger partial charge in [0, 0.05) is 44.8 Å². The van der Waals surface area contributed by atoms with E-state index in [0.29, 0.717) is 49.9 Å². The first-order chi connectivity index (χ1) is 18.4. The molecule has 0 radical (unpaired) electrons. The maximum atomic E-state index is 13.2. The first kappa shape index (κ1) is 27.3. The second-order valence-electron chi connectivity index (χ2n) is 9.39. The predicted molar refractivity (Wildman–Crippen MR) is 149 cm³/mol. The Hall–Kier alpha value is -3.69. The van der Waals surface area contributed by atoms with Crippen LogP contribution in [0.2, 0.25) is 5.02 Å². The number of hydrogen-bond donors (Lipinski definition) is 0. The van der Waals surface area contributed by atoms with Crippen molar-refractivity contribution >= 4 is 29.2 Å². The fraction of sp³-hybridized carbons (Fsp3) is 0.357. The number of benzene rings is 2. The van der Waals surface area contributed by atoms with Crippen LogP contribution in [0.25, 0.3) is 11.3 Å². The second kappa shape index (κ2) is 12.7. The fourth-order valence-corrected chi connectivity index (χ4v) is 4.47. The number of likely N-dealkylation sites (N-methyl/N-ethyl adjacent to an activating group) is 1. The Morgan fingerprint density at radius 3 is 2.37 bits per heavy atom. The lowest BCUT2D eigenvalue weighted by Gasteiger charge is -2.36. The van der Waals surface area contributed by atoms with Crippen LogP contribution in [0.15, 0.2) is 60.7 Å². The van der Waals surface area contributed by atoms with E-state index in [1.54, 1.807) is 41.2 Å². The van der Waals surface area contributed by atoms with Crippen LogP contribution in [-0.2, 0) is 4.79 Å². The number of amides is 2. The molecule has 0 bridgehead atoms. The van der Waals surface area contributed by atoms with E-state index in [1.807, 2.05) is 55.4 Å². The van der Waals surface area contributed by atoms with Gasteiger partial charge in [0.25, 0.3) is 5.91 Å². The molecule has 1 aromatic heterocycles. The summed E-state index contributed by atoms with van der Waals surface area (Å²) in [4.78, 5) is 33.9. The minimum absolute atomic E-state index is 0.00688. The molecule has 1 fully saturated rings. The number of nitrogens with zero attached hydrogens (tertiary/aromatic N) is 6. The summed E-state index contributed by atoms with van der Waals surface area (Å²) in [5.74, 6) is 1.22. The Morgan fingerprint density at radius 2 is 1.71 bits per heavy atom. The van der Waals surface area contributed by atoms with E-state index >= 15 is 0 Å². The van der Waals surface area contributed by atoms with Crippen LogP contribution in [-0.4, -0.2) is 104 Å². The lowest BCUT2D eigenvalue weighted by atomic mass is 10.1. The number of ether oxygens (including phenoxy) is 1. The molecule has 1 aliphatic heterocycles. The van der Waals surface area contributed by atoms with Gasteiger partial charge in [-0.1, -0.05) is 35.9 Å². The van der Waals surface area contributed by atoms with Gasteiger partial charge in [-0.15, -0.1) is 10.2 Å². The van der Waals surface area contributed by atoms with Crippen LogP contribution >= 0.6 is 11.6 Å². The number of carbonyl (C=O) groups is 2. The van der Waals surface area contributed by atoms with E-state index in [9.17, 15) is 9.59 Å². The van der Waals surface area contributed by atoms with E-state index in [-0.39, 0.29) is 18.4 Å². The second-order valence-corrected chi connectivity index (χ2v) is 9.79. The minimum Gasteiger partial charge on any atom is -0.497 e.